The van der Waals surface area contributed by atoms with Crippen LogP contribution in [-0.2, 0) is 51.3 Å². The Hall–Kier alpha value is -3.12. The number of nitrogen functional groups attached to an aromatic ring is 1. The first-order valence-electron chi connectivity index (χ1n) is 12.7. The number of aliphatic hydroxyl groups excluding tert-OH is 2. The molecule has 1 aromatic carbocycles. The van der Waals surface area contributed by atoms with Crippen LogP contribution in [0, 0.1) is 6.92 Å². The highest BCUT2D eigenvalue weighted by atomic mass is 32.3. The number of aliphatic hydroxyl groups is 2. The van der Waals surface area contributed by atoms with Crippen LogP contribution in [0.2, 0.25) is 0 Å². The first-order chi connectivity index (χ1) is 21.8. The molecule has 0 bridgehead atoms. The molecular formula is C22H34N6O16S4. The number of carbonyl (C=O) groups excluding carboxylic acids is 1. The number of anilines is 1. The lowest BCUT2D eigenvalue weighted by Gasteiger charge is -2.16. The summed E-state index contributed by atoms with van der Waals surface area (Å²) in [4.78, 5) is 22.8. The SMILES string of the molecule is C[S+](CCC(N)C(=O)[O-])CC1O[C@@H](n2cnc3c(N)ncnc32)C(O)[C@@H]1O.Cc1ccc(S(=O)(=O)O)cc1.O=S(=O)(O)O.O=S(=O)(O)O. The molecule has 0 saturated carbocycles. The summed E-state index contributed by atoms with van der Waals surface area (Å²) in [6, 6.07) is 4.97. The van der Waals surface area contributed by atoms with Crippen LogP contribution in [-0.4, -0.2) is 126 Å². The summed E-state index contributed by atoms with van der Waals surface area (Å²) < 4.78 is 100. The number of aliphatic carboxylic acids is 1. The fraction of sp³-hybridized carbons (Fsp3) is 0.455. The van der Waals surface area contributed by atoms with Crippen molar-refractivity contribution in [2.24, 2.45) is 5.73 Å². The van der Waals surface area contributed by atoms with Crippen molar-refractivity contribution in [2.45, 2.75) is 48.8 Å². The highest BCUT2D eigenvalue weighted by molar-refractivity contribution is 7.96. The number of nitrogens with zero attached hydrogens (tertiary/aromatic N) is 4. The van der Waals surface area contributed by atoms with E-state index in [4.69, 9.17) is 55.8 Å². The van der Waals surface area contributed by atoms with E-state index in [1.807, 2.05) is 13.2 Å². The molecule has 1 aliphatic rings. The quantitative estimate of drug-likeness (QED) is 0.0800. The Morgan fingerprint density at radius 1 is 0.979 bits per heavy atom. The Balaban J connectivity index is 0.000000447. The standard InChI is InChI=1S/C15H22N6O5S.C7H8O3S.2H2O4S/c1-27(3-2-7(16)15(24)25)4-8-10(22)11(23)14(26-8)21-6-20-9-12(17)18-5-19-13(9)21;1-6-2-4-7(5-3-6)11(8,9)10;2*1-5(2,3)4/h5-8,10-11,14,22-23H,2-4,16H2,1H3,(H2-,17,18,19,24,25);2-5H,1H3,(H,8,9,10);2*(H2,1,2,3,4)/t7?,8?,10-,11?,14-,27?;;;/m1.../s1. The second kappa shape index (κ2) is 18.0. The number of aromatic nitrogens is 4. The van der Waals surface area contributed by atoms with Gasteiger partial charge in [0.25, 0.3) is 10.1 Å². The van der Waals surface area contributed by atoms with Gasteiger partial charge in [-0.2, -0.15) is 25.3 Å². The first-order valence-corrected chi connectivity index (χ1v) is 18.9. The van der Waals surface area contributed by atoms with Crippen molar-refractivity contribution in [3.05, 3.63) is 42.5 Å². The molecule has 4 rings (SSSR count). The summed E-state index contributed by atoms with van der Waals surface area (Å²) in [7, 11) is -13.6. The van der Waals surface area contributed by atoms with Crippen LogP contribution in [0.3, 0.4) is 0 Å². The predicted molar refractivity (Wildman–Crippen MR) is 166 cm³/mol. The molecule has 6 atom stereocenters. The van der Waals surface area contributed by atoms with Crippen molar-refractivity contribution in [3.63, 3.8) is 0 Å². The zero-order valence-electron chi connectivity index (χ0n) is 24.9. The minimum Gasteiger partial charge on any atom is -0.548 e. The summed E-state index contributed by atoms with van der Waals surface area (Å²) in [5, 5.41) is 31.5. The predicted octanol–water partition coefficient (Wildman–Crippen LogP) is -3.32. The Kier molecular flexibility index (Phi) is 16.1. The topological polar surface area (TPSA) is 389 Å². The molecule has 1 aliphatic heterocycles. The normalized spacial score (nSPS) is 20.6. The molecule has 1 fully saturated rings. The molecule has 0 radical (unpaired) electrons. The number of ether oxygens (including phenoxy) is 1. The van der Waals surface area contributed by atoms with Gasteiger partial charge in [0.15, 0.2) is 17.7 Å². The average Bonchev–Trinajstić information content (AvgIpc) is 3.47. The maximum atomic E-state index is 10.7. The lowest BCUT2D eigenvalue weighted by molar-refractivity contribution is -0.307. The number of fused-ring (bicyclic) bond motifs is 1. The van der Waals surface area contributed by atoms with Crippen molar-refractivity contribution >= 4 is 64.8 Å². The van der Waals surface area contributed by atoms with E-state index in [0.29, 0.717) is 22.7 Å². The van der Waals surface area contributed by atoms with E-state index < -0.39 is 67.5 Å². The summed E-state index contributed by atoms with van der Waals surface area (Å²) in [6.45, 7) is 1.84. The molecule has 22 nitrogen and oxygen atoms in total. The minimum absolute atomic E-state index is 0.0666. The Morgan fingerprint density at radius 3 is 1.98 bits per heavy atom. The zero-order chi connectivity index (χ0) is 37.2. The third kappa shape index (κ3) is 15.9. The second-order valence-corrected chi connectivity index (χ2v) is 15.2. The van der Waals surface area contributed by atoms with Gasteiger partial charge in [0, 0.05) is 12.5 Å². The summed E-state index contributed by atoms with van der Waals surface area (Å²) >= 11 is 0. The van der Waals surface area contributed by atoms with E-state index >= 15 is 0 Å². The summed E-state index contributed by atoms with van der Waals surface area (Å²) in [5.74, 6) is -0.0611. The van der Waals surface area contributed by atoms with Gasteiger partial charge in [-0.1, -0.05) is 17.7 Å². The Bertz CT molecular complexity index is 1780. The molecular weight excluding hydrogens is 733 g/mol. The molecule has 0 spiro atoms. The Labute approximate surface area is 277 Å². The van der Waals surface area contributed by atoms with Gasteiger partial charge in [-0.05, 0) is 30.0 Å². The van der Waals surface area contributed by atoms with Gasteiger partial charge in [0.1, 0.15) is 41.7 Å². The highest BCUT2D eigenvalue weighted by Crippen LogP contribution is 2.32. The highest BCUT2D eigenvalue weighted by Gasteiger charge is 2.46. The van der Waals surface area contributed by atoms with E-state index in [1.54, 1.807) is 12.1 Å². The number of hydrogen-bond donors (Lipinski definition) is 9. The van der Waals surface area contributed by atoms with Crippen molar-refractivity contribution in [1.82, 2.24) is 19.5 Å². The summed E-state index contributed by atoms with van der Waals surface area (Å²) in [6.07, 6.45) is 1.17. The average molecular weight is 767 g/mol. The van der Waals surface area contributed by atoms with Crippen LogP contribution in [0.1, 0.15) is 18.2 Å². The van der Waals surface area contributed by atoms with Gasteiger partial charge < -0.3 is 36.3 Å². The molecule has 26 heteroatoms. The smallest absolute Gasteiger partial charge is 0.394 e. The number of carboxylic acid groups (broad SMARTS) is 1. The number of benzene rings is 1. The number of hydrogen-bond acceptors (Lipinski definition) is 16. The van der Waals surface area contributed by atoms with E-state index in [1.165, 1.54) is 29.4 Å². The largest absolute Gasteiger partial charge is 0.548 e. The first kappa shape index (κ1) is 42.9. The molecule has 48 heavy (non-hydrogen) atoms. The number of carboxylic acids is 1. The summed E-state index contributed by atoms with van der Waals surface area (Å²) in [5.41, 5.74) is 13.0. The molecule has 1 saturated heterocycles. The van der Waals surface area contributed by atoms with Gasteiger partial charge in [0.05, 0.1) is 23.4 Å². The van der Waals surface area contributed by atoms with E-state index in [9.17, 15) is 28.5 Å². The van der Waals surface area contributed by atoms with Gasteiger partial charge in [-0.3, -0.25) is 27.3 Å². The van der Waals surface area contributed by atoms with Crippen LogP contribution in [0.25, 0.3) is 11.2 Å². The van der Waals surface area contributed by atoms with Gasteiger partial charge in [0.2, 0.25) is 0 Å². The van der Waals surface area contributed by atoms with Crippen LogP contribution in [0.15, 0.2) is 41.8 Å². The molecule has 2 aromatic heterocycles. The number of carbonyl (C=O) groups is 1. The minimum atomic E-state index is -4.67. The third-order valence-corrected chi connectivity index (χ3v) is 8.54. The van der Waals surface area contributed by atoms with Gasteiger partial charge >= 0.3 is 20.8 Å². The van der Waals surface area contributed by atoms with Crippen molar-refractivity contribution in [1.29, 1.82) is 0 Å². The van der Waals surface area contributed by atoms with Crippen LogP contribution in [0.4, 0.5) is 5.82 Å². The van der Waals surface area contributed by atoms with Crippen LogP contribution < -0.4 is 16.6 Å². The van der Waals surface area contributed by atoms with Crippen molar-refractivity contribution in [3.8, 4) is 0 Å². The van der Waals surface area contributed by atoms with E-state index in [2.05, 4.69) is 15.0 Å². The zero-order valence-corrected chi connectivity index (χ0v) is 28.1. The molecule has 4 unspecified atom stereocenters. The Morgan fingerprint density at radius 2 is 1.50 bits per heavy atom. The third-order valence-electron chi connectivity index (χ3n) is 5.85. The van der Waals surface area contributed by atoms with Crippen molar-refractivity contribution in [2.75, 3.05) is 23.5 Å². The van der Waals surface area contributed by atoms with Crippen LogP contribution >= 0.6 is 0 Å². The lowest BCUT2D eigenvalue weighted by atomic mass is 10.1. The van der Waals surface area contributed by atoms with E-state index in [-0.39, 0.29) is 28.0 Å². The lowest BCUT2D eigenvalue weighted by Crippen LogP contribution is -2.43. The molecule has 0 aliphatic carbocycles. The van der Waals surface area contributed by atoms with Crippen LogP contribution in [0.5, 0.6) is 0 Å². The maximum Gasteiger partial charge on any atom is 0.394 e. The fourth-order valence-electron chi connectivity index (χ4n) is 3.67. The molecule has 3 aromatic rings. The van der Waals surface area contributed by atoms with Gasteiger partial charge in [-0.25, -0.2) is 15.0 Å². The van der Waals surface area contributed by atoms with Gasteiger partial charge in [-0.15, -0.1) is 0 Å². The number of rotatable bonds is 8. The monoisotopic (exact) mass is 766 g/mol. The van der Waals surface area contributed by atoms with E-state index in [0.717, 1.165) is 5.56 Å². The molecule has 11 N–H and O–H groups in total. The maximum absolute atomic E-state index is 10.7. The molecule has 3 heterocycles. The fourth-order valence-corrected chi connectivity index (χ4v) is 5.81. The van der Waals surface area contributed by atoms with Crippen molar-refractivity contribution < 1.29 is 72.9 Å². The number of imidazole rings is 1. The molecule has 272 valence electrons. The second-order valence-electron chi connectivity index (χ2n) is 9.68. The number of aryl methyl sites for hydroxylation is 1. The number of nitrogens with two attached hydrogens (primary N) is 2. The molecule has 0 amide bonds.